The van der Waals surface area contributed by atoms with Crippen LogP contribution in [0.2, 0.25) is 0 Å². The van der Waals surface area contributed by atoms with Crippen molar-refractivity contribution in [2.75, 3.05) is 26.2 Å². The van der Waals surface area contributed by atoms with Crippen LogP contribution in [0, 0.1) is 0 Å². The van der Waals surface area contributed by atoms with Gasteiger partial charge in [0.25, 0.3) is 5.91 Å². The van der Waals surface area contributed by atoms with Gasteiger partial charge in [-0.05, 0) is 50.4 Å². The lowest BCUT2D eigenvalue weighted by molar-refractivity contribution is 0.0712. The average molecular weight is 301 g/mol. The van der Waals surface area contributed by atoms with Crippen molar-refractivity contribution in [3.63, 3.8) is 0 Å². The van der Waals surface area contributed by atoms with Crippen LogP contribution in [0.5, 0.6) is 0 Å². The van der Waals surface area contributed by atoms with Gasteiger partial charge in [0.05, 0.1) is 0 Å². The molecule has 4 heteroatoms. The highest BCUT2D eigenvalue weighted by Gasteiger charge is 2.23. The number of rotatable bonds is 3. The van der Waals surface area contributed by atoms with Crippen LogP contribution >= 0.6 is 0 Å². The molecule has 3 rings (SSSR count). The van der Waals surface area contributed by atoms with Gasteiger partial charge in [-0.15, -0.1) is 0 Å². The van der Waals surface area contributed by atoms with Crippen molar-refractivity contribution in [3.05, 3.63) is 35.4 Å². The summed E-state index contributed by atoms with van der Waals surface area (Å²) in [4.78, 5) is 17.3. The second kappa shape index (κ2) is 7.25. The molecule has 0 spiro atoms. The van der Waals surface area contributed by atoms with Gasteiger partial charge < -0.3 is 10.6 Å². The van der Waals surface area contributed by atoms with E-state index in [1.807, 2.05) is 23.1 Å². The minimum atomic E-state index is 0.180. The Morgan fingerprint density at radius 1 is 1.05 bits per heavy atom. The number of hydrogen-bond donors (Lipinski definition) is 1. The highest BCUT2D eigenvalue weighted by atomic mass is 16.2. The minimum Gasteiger partial charge on any atom is -0.339 e. The zero-order chi connectivity index (χ0) is 15.4. The maximum atomic E-state index is 12.8. The number of carbonyl (C=O) groups is 1. The summed E-state index contributed by atoms with van der Waals surface area (Å²) in [6.07, 6.45) is 5.73. The summed E-state index contributed by atoms with van der Waals surface area (Å²) in [5.74, 6) is 0.180. The summed E-state index contributed by atoms with van der Waals surface area (Å²) in [7, 11) is 0. The lowest BCUT2D eigenvalue weighted by atomic mass is 10.0. The third-order valence-corrected chi connectivity index (χ3v) is 4.92. The predicted octanol–water partition coefficient (Wildman–Crippen LogP) is 2.24. The van der Waals surface area contributed by atoms with E-state index < -0.39 is 0 Å². The maximum Gasteiger partial charge on any atom is 0.254 e. The van der Waals surface area contributed by atoms with E-state index in [1.54, 1.807) is 0 Å². The lowest BCUT2D eigenvalue weighted by Gasteiger charge is -2.31. The molecule has 2 aliphatic rings. The molecule has 22 heavy (non-hydrogen) atoms. The van der Waals surface area contributed by atoms with Crippen molar-refractivity contribution in [2.45, 2.75) is 44.7 Å². The molecule has 0 bridgehead atoms. The van der Waals surface area contributed by atoms with E-state index in [9.17, 15) is 4.79 Å². The third kappa shape index (κ3) is 3.68. The van der Waals surface area contributed by atoms with Gasteiger partial charge in [0.2, 0.25) is 0 Å². The van der Waals surface area contributed by atoms with Crippen molar-refractivity contribution < 1.29 is 4.79 Å². The fraction of sp³-hybridized carbons (Fsp3) is 0.611. The van der Waals surface area contributed by atoms with Gasteiger partial charge >= 0.3 is 0 Å². The fourth-order valence-corrected chi connectivity index (χ4v) is 3.50. The molecule has 0 radical (unpaired) electrons. The Kier molecular flexibility index (Phi) is 5.11. The molecule has 4 nitrogen and oxygen atoms in total. The van der Waals surface area contributed by atoms with Gasteiger partial charge in [-0.2, -0.15) is 0 Å². The number of carbonyl (C=O) groups excluding carboxylic acids is 1. The highest BCUT2D eigenvalue weighted by Crippen LogP contribution is 2.19. The van der Waals surface area contributed by atoms with Crippen LogP contribution in [0.4, 0.5) is 0 Å². The fourth-order valence-electron chi connectivity index (χ4n) is 3.50. The quantitative estimate of drug-likeness (QED) is 0.931. The molecule has 0 atom stereocenters. The van der Waals surface area contributed by atoms with Gasteiger partial charge in [-0.1, -0.05) is 24.6 Å². The molecule has 2 heterocycles. The van der Waals surface area contributed by atoms with Crippen molar-refractivity contribution in [1.82, 2.24) is 9.80 Å². The molecule has 0 unspecified atom stereocenters. The SMILES string of the molecule is NC1CCN(C(=O)c2ccccc2CN2CCCCC2)CC1. The Morgan fingerprint density at radius 2 is 1.73 bits per heavy atom. The Hall–Kier alpha value is -1.39. The number of piperidine rings is 2. The number of benzene rings is 1. The molecule has 2 saturated heterocycles. The molecule has 1 aromatic rings. The van der Waals surface area contributed by atoms with E-state index in [1.165, 1.54) is 24.8 Å². The van der Waals surface area contributed by atoms with Crippen LogP contribution in [0.1, 0.15) is 48.0 Å². The second-order valence-electron chi connectivity index (χ2n) is 6.62. The maximum absolute atomic E-state index is 12.8. The predicted molar refractivity (Wildman–Crippen MR) is 88.7 cm³/mol. The van der Waals surface area contributed by atoms with E-state index in [-0.39, 0.29) is 11.9 Å². The summed E-state index contributed by atoms with van der Waals surface area (Å²) in [6, 6.07) is 8.37. The van der Waals surface area contributed by atoms with E-state index >= 15 is 0 Å². The van der Waals surface area contributed by atoms with Crippen molar-refractivity contribution >= 4 is 5.91 Å². The first-order valence-corrected chi connectivity index (χ1v) is 8.59. The minimum absolute atomic E-state index is 0.180. The van der Waals surface area contributed by atoms with E-state index in [4.69, 9.17) is 5.73 Å². The molecular weight excluding hydrogens is 274 g/mol. The van der Waals surface area contributed by atoms with E-state index in [0.29, 0.717) is 0 Å². The molecule has 1 amide bonds. The number of amides is 1. The lowest BCUT2D eigenvalue weighted by Crippen LogP contribution is -2.43. The van der Waals surface area contributed by atoms with Crippen molar-refractivity contribution in [1.29, 1.82) is 0 Å². The van der Waals surface area contributed by atoms with Crippen LogP contribution in [0.25, 0.3) is 0 Å². The molecule has 2 N–H and O–H groups in total. The smallest absolute Gasteiger partial charge is 0.254 e. The van der Waals surface area contributed by atoms with Gasteiger partial charge in [0, 0.05) is 31.2 Å². The molecule has 2 aliphatic heterocycles. The third-order valence-electron chi connectivity index (χ3n) is 4.92. The van der Waals surface area contributed by atoms with Crippen LogP contribution in [-0.2, 0) is 6.54 Å². The summed E-state index contributed by atoms with van der Waals surface area (Å²) >= 11 is 0. The van der Waals surface area contributed by atoms with Gasteiger partial charge in [0.15, 0.2) is 0 Å². The second-order valence-corrected chi connectivity index (χ2v) is 6.62. The average Bonchev–Trinajstić information content (AvgIpc) is 2.56. The van der Waals surface area contributed by atoms with Crippen LogP contribution in [-0.4, -0.2) is 47.9 Å². The molecule has 1 aromatic carbocycles. The summed E-state index contributed by atoms with van der Waals surface area (Å²) in [5.41, 5.74) is 7.99. The number of nitrogens with zero attached hydrogens (tertiary/aromatic N) is 2. The Balaban J connectivity index is 1.71. The van der Waals surface area contributed by atoms with Crippen LogP contribution in [0.15, 0.2) is 24.3 Å². The summed E-state index contributed by atoms with van der Waals surface area (Å²) in [6.45, 7) is 4.79. The standard InChI is InChI=1S/C18H27N3O/c19-16-8-12-21(13-9-16)18(22)17-7-3-2-6-15(17)14-20-10-4-1-5-11-20/h2-3,6-7,16H,1,4-5,8-14,19H2. The zero-order valence-electron chi connectivity index (χ0n) is 13.3. The van der Waals surface area contributed by atoms with E-state index in [2.05, 4.69) is 11.0 Å². The first kappa shape index (κ1) is 15.5. The zero-order valence-corrected chi connectivity index (χ0v) is 13.3. The van der Waals surface area contributed by atoms with Crippen LogP contribution < -0.4 is 5.73 Å². The van der Waals surface area contributed by atoms with Gasteiger partial charge in [0.1, 0.15) is 0 Å². The van der Waals surface area contributed by atoms with Crippen molar-refractivity contribution in [3.8, 4) is 0 Å². The van der Waals surface area contributed by atoms with Gasteiger partial charge in [-0.3, -0.25) is 9.69 Å². The first-order chi connectivity index (χ1) is 10.7. The summed E-state index contributed by atoms with van der Waals surface area (Å²) < 4.78 is 0. The normalized spacial score (nSPS) is 21.0. The molecule has 0 aromatic heterocycles. The molecule has 0 aliphatic carbocycles. The molecule has 2 fully saturated rings. The molecular formula is C18H27N3O. The Bertz CT molecular complexity index is 503. The Morgan fingerprint density at radius 3 is 2.45 bits per heavy atom. The molecule has 0 saturated carbocycles. The largest absolute Gasteiger partial charge is 0.339 e. The van der Waals surface area contributed by atoms with E-state index in [0.717, 1.165) is 51.1 Å². The Labute approximate surface area is 133 Å². The van der Waals surface area contributed by atoms with Gasteiger partial charge in [-0.25, -0.2) is 0 Å². The number of nitrogens with two attached hydrogens (primary N) is 1. The highest BCUT2D eigenvalue weighted by molar-refractivity contribution is 5.95. The number of hydrogen-bond acceptors (Lipinski definition) is 3. The summed E-state index contributed by atoms with van der Waals surface area (Å²) in [5, 5.41) is 0. The van der Waals surface area contributed by atoms with Crippen LogP contribution in [0.3, 0.4) is 0 Å². The molecule has 120 valence electrons. The topological polar surface area (TPSA) is 49.6 Å². The first-order valence-electron chi connectivity index (χ1n) is 8.59. The van der Waals surface area contributed by atoms with Crippen molar-refractivity contribution in [2.24, 2.45) is 5.73 Å². The number of likely N-dealkylation sites (tertiary alicyclic amines) is 2. The monoisotopic (exact) mass is 301 g/mol.